The number of ether oxygens (including phenoxy) is 1. The Labute approximate surface area is 181 Å². The number of hydrogen-bond donors (Lipinski definition) is 1. The monoisotopic (exact) mass is 440 g/mol. The number of amides is 1. The van der Waals surface area contributed by atoms with Gasteiger partial charge in [-0.2, -0.15) is 0 Å². The molecule has 1 aromatic heterocycles. The molecule has 4 rings (SSSR count). The van der Waals surface area contributed by atoms with Crippen LogP contribution in [0.3, 0.4) is 0 Å². The van der Waals surface area contributed by atoms with Gasteiger partial charge in [-0.15, -0.1) is 11.3 Å². The van der Waals surface area contributed by atoms with Gasteiger partial charge in [0.05, 0.1) is 16.3 Å². The van der Waals surface area contributed by atoms with E-state index in [-0.39, 0.29) is 5.91 Å². The second kappa shape index (κ2) is 8.66. The van der Waals surface area contributed by atoms with Crippen molar-refractivity contribution < 1.29 is 9.53 Å². The quantitative estimate of drug-likeness (QED) is 0.358. The molecule has 0 saturated carbocycles. The Balaban J connectivity index is 1.55. The van der Waals surface area contributed by atoms with E-state index in [4.69, 9.17) is 27.9 Å². The highest BCUT2D eigenvalue weighted by Crippen LogP contribution is 2.33. The fourth-order valence-electron chi connectivity index (χ4n) is 2.67. The van der Waals surface area contributed by atoms with E-state index >= 15 is 0 Å². The number of benzene rings is 3. The molecule has 3 aromatic carbocycles. The zero-order chi connectivity index (χ0) is 20.2. The van der Waals surface area contributed by atoms with Crippen LogP contribution in [0.4, 0.5) is 5.13 Å². The van der Waals surface area contributed by atoms with E-state index in [9.17, 15) is 4.79 Å². The zero-order valence-electron chi connectivity index (χ0n) is 14.9. The number of thiazole rings is 1. The minimum atomic E-state index is -0.311. The van der Waals surface area contributed by atoms with Crippen molar-refractivity contribution in [1.29, 1.82) is 0 Å². The Bertz CT molecular complexity index is 1160. The van der Waals surface area contributed by atoms with Crippen LogP contribution < -0.4 is 10.1 Å². The first-order valence-electron chi connectivity index (χ1n) is 8.64. The SMILES string of the molecule is O=C(Nc1nc(-c2cc(Cl)ccc2Cl)cs1)c1ccccc1Oc1ccccc1. The second-order valence-corrected chi connectivity index (χ2v) is 7.73. The molecule has 4 nitrogen and oxygen atoms in total. The molecule has 0 spiro atoms. The predicted molar refractivity (Wildman–Crippen MR) is 118 cm³/mol. The third kappa shape index (κ3) is 4.59. The Morgan fingerprint density at radius 2 is 1.72 bits per heavy atom. The van der Waals surface area contributed by atoms with Crippen molar-refractivity contribution in [3.8, 4) is 22.8 Å². The van der Waals surface area contributed by atoms with Crippen molar-refractivity contribution >= 4 is 45.6 Å². The molecule has 0 unspecified atom stereocenters. The van der Waals surface area contributed by atoms with Crippen LogP contribution in [0, 0.1) is 0 Å². The summed E-state index contributed by atoms with van der Waals surface area (Å²) in [5, 5.41) is 6.20. The molecule has 0 aliphatic rings. The van der Waals surface area contributed by atoms with Gasteiger partial charge in [0, 0.05) is 16.0 Å². The molecule has 7 heteroatoms. The lowest BCUT2D eigenvalue weighted by atomic mass is 10.2. The fraction of sp³-hybridized carbons (Fsp3) is 0. The Morgan fingerprint density at radius 3 is 2.55 bits per heavy atom. The van der Waals surface area contributed by atoms with Crippen LogP contribution in [0.5, 0.6) is 11.5 Å². The number of anilines is 1. The van der Waals surface area contributed by atoms with Crippen LogP contribution in [0.2, 0.25) is 10.0 Å². The van der Waals surface area contributed by atoms with Crippen molar-refractivity contribution in [2.24, 2.45) is 0 Å². The molecule has 1 amide bonds. The molecule has 144 valence electrons. The summed E-state index contributed by atoms with van der Waals surface area (Å²) in [6.07, 6.45) is 0. The van der Waals surface area contributed by atoms with Gasteiger partial charge >= 0.3 is 0 Å². The molecule has 29 heavy (non-hydrogen) atoms. The van der Waals surface area contributed by atoms with E-state index in [1.807, 2.05) is 41.8 Å². The lowest BCUT2D eigenvalue weighted by Gasteiger charge is -2.10. The van der Waals surface area contributed by atoms with Gasteiger partial charge in [0.2, 0.25) is 0 Å². The molecule has 1 N–H and O–H groups in total. The van der Waals surface area contributed by atoms with Gasteiger partial charge in [-0.3, -0.25) is 10.1 Å². The van der Waals surface area contributed by atoms with E-state index in [0.717, 1.165) is 0 Å². The lowest BCUT2D eigenvalue weighted by molar-refractivity contribution is 0.102. The highest BCUT2D eigenvalue weighted by molar-refractivity contribution is 7.14. The smallest absolute Gasteiger partial charge is 0.261 e. The highest BCUT2D eigenvalue weighted by Gasteiger charge is 2.16. The van der Waals surface area contributed by atoms with Crippen molar-refractivity contribution in [3.63, 3.8) is 0 Å². The average Bonchev–Trinajstić information content (AvgIpc) is 3.19. The van der Waals surface area contributed by atoms with Crippen LogP contribution in [-0.4, -0.2) is 10.9 Å². The molecular weight excluding hydrogens is 427 g/mol. The van der Waals surface area contributed by atoms with Gasteiger partial charge in [0.1, 0.15) is 11.5 Å². The average molecular weight is 441 g/mol. The number of halogens is 2. The number of aromatic nitrogens is 1. The van der Waals surface area contributed by atoms with E-state index < -0.39 is 0 Å². The fourth-order valence-corrected chi connectivity index (χ4v) is 3.76. The number of hydrogen-bond acceptors (Lipinski definition) is 4. The van der Waals surface area contributed by atoms with E-state index in [2.05, 4.69) is 10.3 Å². The predicted octanol–water partition coefficient (Wildman–Crippen LogP) is 7.16. The number of carbonyl (C=O) groups excluding carboxylic acids is 1. The maximum atomic E-state index is 12.8. The first-order valence-corrected chi connectivity index (χ1v) is 10.3. The molecule has 4 aromatic rings. The Kier molecular flexibility index (Phi) is 5.81. The summed E-state index contributed by atoms with van der Waals surface area (Å²) >= 11 is 13.6. The number of carbonyl (C=O) groups is 1. The molecule has 1 heterocycles. The molecule has 0 saturated heterocycles. The van der Waals surface area contributed by atoms with Crippen LogP contribution in [0.25, 0.3) is 11.3 Å². The third-order valence-electron chi connectivity index (χ3n) is 4.03. The standard InChI is InChI=1S/C22H14Cl2N2O2S/c23-14-10-11-18(24)17(12-14)19-13-29-22(25-19)26-21(27)16-8-4-5-9-20(16)28-15-6-2-1-3-7-15/h1-13H,(H,25,26,27). The summed E-state index contributed by atoms with van der Waals surface area (Å²) in [5.41, 5.74) is 1.77. The van der Waals surface area contributed by atoms with Gasteiger partial charge in [-0.25, -0.2) is 4.98 Å². The van der Waals surface area contributed by atoms with Crippen molar-refractivity contribution in [2.45, 2.75) is 0 Å². The van der Waals surface area contributed by atoms with Gasteiger partial charge < -0.3 is 4.74 Å². The summed E-state index contributed by atoms with van der Waals surface area (Å²) in [4.78, 5) is 17.3. The van der Waals surface area contributed by atoms with Crippen LogP contribution in [0.15, 0.2) is 78.2 Å². The lowest BCUT2D eigenvalue weighted by Crippen LogP contribution is -2.12. The van der Waals surface area contributed by atoms with E-state index in [1.54, 1.807) is 36.4 Å². The first kappa shape index (κ1) is 19.5. The first-order chi connectivity index (χ1) is 14.1. The van der Waals surface area contributed by atoms with Crippen molar-refractivity contribution in [3.05, 3.63) is 93.8 Å². The highest BCUT2D eigenvalue weighted by atomic mass is 35.5. The molecule has 0 atom stereocenters. The molecule has 0 fully saturated rings. The van der Waals surface area contributed by atoms with Crippen LogP contribution >= 0.6 is 34.5 Å². The molecule has 0 aliphatic heterocycles. The summed E-state index contributed by atoms with van der Waals surface area (Å²) < 4.78 is 5.86. The van der Waals surface area contributed by atoms with Crippen LogP contribution in [-0.2, 0) is 0 Å². The van der Waals surface area contributed by atoms with Crippen molar-refractivity contribution in [1.82, 2.24) is 4.98 Å². The normalized spacial score (nSPS) is 10.6. The van der Waals surface area contributed by atoms with Crippen molar-refractivity contribution in [2.75, 3.05) is 5.32 Å². The summed E-state index contributed by atoms with van der Waals surface area (Å²) in [5.74, 6) is 0.806. The number of rotatable bonds is 5. The largest absolute Gasteiger partial charge is 0.457 e. The zero-order valence-corrected chi connectivity index (χ0v) is 17.3. The Morgan fingerprint density at radius 1 is 0.966 bits per heavy atom. The summed E-state index contributed by atoms with van der Waals surface area (Å²) in [7, 11) is 0. The minimum absolute atomic E-state index is 0.311. The summed E-state index contributed by atoms with van der Waals surface area (Å²) in [6.45, 7) is 0. The van der Waals surface area contributed by atoms with Crippen LogP contribution in [0.1, 0.15) is 10.4 Å². The number of nitrogens with one attached hydrogen (secondary N) is 1. The Hall–Kier alpha value is -2.86. The van der Waals surface area contributed by atoms with E-state index in [1.165, 1.54) is 11.3 Å². The van der Waals surface area contributed by atoms with Gasteiger partial charge in [-0.05, 0) is 42.5 Å². The maximum absolute atomic E-state index is 12.8. The maximum Gasteiger partial charge on any atom is 0.261 e. The molecular formula is C22H14Cl2N2O2S. The molecule has 0 radical (unpaired) electrons. The summed E-state index contributed by atoms with van der Waals surface area (Å²) in [6, 6.07) is 21.5. The van der Waals surface area contributed by atoms with Gasteiger partial charge in [0.15, 0.2) is 5.13 Å². The topological polar surface area (TPSA) is 51.2 Å². The molecule has 0 aliphatic carbocycles. The number of nitrogens with zero attached hydrogens (tertiary/aromatic N) is 1. The second-order valence-electron chi connectivity index (χ2n) is 6.03. The number of para-hydroxylation sites is 2. The van der Waals surface area contributed by atoms with Gasteiger partial charge in [-0.1, -0.05) is 53.5 Å². The third-order valence-corrected chi connectivity index (χ3v) is 5.35. The van der Waals surface area contributed by atoms with E-state index in [0.29, 0.717) is 43.5 Å². The van der Waals surface area contributed by atoms with Gasteiger partial charge in [0.25, 0.3) is 5.91 Å². The molecule has 0 bridgehead atoms. The minimum Gasteiger partial charge on any atom is -0.457 e.